The fourth-order valence-corrected chi connectivity index (χ4v) is 5.93. The molecule has 0 spiro atoms. The van der Waals surface area contributed by atoms with Crippen LogP contribution in [0.25, 0.3) is 0 Å². The van der Waals surface area contributed by atoms with Crippen molar-refractivity contribution >= 4 is 22.6 Å². The predicted octanol–water partition coefficient (Wildman–Crippen LogP) is 8.35. The molecule has 1 N–H and O–H groups in total. The van der Waals surface area contributed by atoms with Gasteiger partial charge in [-0.15, -0.1) is 0 Å². The molecule has 2 nitrogen and oxygen atoms in total. The third kappa shape index (κ3) is 6.46. The van der Waals surface area contributed by atoms with Crippen LogP contribution >= 0.6 is 22.6 Å². The van der Waals surface area contributed by atoms with Crippen LogP contribution in [-0.2, 0) is 4.74 Å². The summed E-state index contributed by atoms with van der Waals surface area (Å²) in [5, 5.41) is 10.1. The molecule has 2 fully saturated rings. The minimum atomic E-state index is -3.17. The molecule has 170 valence electrons. The third-order valence-corrected chi connectivity index (χ3v) is 8.21. The Morgan fingerprint density at radius 1 is 1.03 bits per heavy atom. The summed E-state index contributed by atoms with van der Waals surface area (Å²) in [6, 6.07) is 0. The number of aliphatic hydroxyl groups is 1. The fourth-order valence-electron chi connectivity index (χ4n) is 5.55. The molecule has 5 heteroatoms. The van der Waals surface area contributed by atoms with Gasteiger partial charge in [0.1, 0.15) is 11.5 Å². The zero-order valence-electron chi connectivity index (χ0n) is 18.4. The van der Waals surface area contributed by atoms with Gasteiger partial charge in [-0.2, -0.15) is 8.78 Å². The minimum absolute atomic E-state index is 0.103. The molecule has 0 aromatic heterocycles. The molecule has 1 atom stereocenters. The number of hydrogen-bond donors (Lipinski definition) is 1. The molecular weight excluding hydrogens is 497 g/mol. The smallest absolute Gasteiger partial charge is 0.400 e. The lowest BCUT2D eigenvalue weighted by Crippen LogP contribution is -2.36. The first-order chi connectivity index (χ1) is 14.2. The quantitative estimate of drug-likeness (QED) is 0.263. The van der Waals surface area contributed by atoms with Crippen LogP contribution in [0.2, 0.25) is 0 Å². The second kappa shape index (κ2) is 10.4. The molecule has 0 heterocycles. The van der Waals surface area contributed by atoms with Crippen molar-refractivity contribution in [3.05, 3.63) is 35.8 Å². The average Bonchev–Trinajstić information content (AvgIpc) is 2.84. The Morgan fingerprint density at radius 3 is 2.23 bits per heavy atom. The molecule has 0 aromatic rings. The van der Waals surface area contributed by atoms with Gasteiger partial charge >= 0.3 is 6.11 Å². The maximum Gasteiger partial charge on any atom is 0.400 e. The molecule has 3 aliphatic carbocycles. The summed E-state index contributed by atoms with van der Waals surface area (Å²) in [6.07, 6.45) is 13.0. The molecule has 30 heavy (non-hydrogen) atoms. The molecule has 0 aromatic carbocycles. The van der Waals surface area contributed by atoms with E-state index in [0.717, 1.165) is 41.9 Å². The highest BCUT2D eigenvalue weighted by atomic mass is 127. The van der Waals surface area contributed by atoms with E-state index in [1.165, 1.54) is 37.8 Å². The Labute approximate surface area is 194 Å². The Bertz CT molecular complexity index is 656. The van der Waals surface area contributed by atoms with E-state index in [-0.39, 0.29) is 11.5 Å². The van der Waals surface area contributed by atoms with Crippen molar-refractivity contribution in [1.29, 1.82) is 0 Å². The maximum atomic E-state index is 15.1. The van der Waals surface area contributed by atoms with Gasteiger partial charge in [-0.3, -0.25) is 0 Å². The van der Waals surface area contributed by atoms with Gasteiger partial charge in [-0.05, 0) is 97.9 Å². The summed E-state index contributed by atoms with van der Waals surface area (Å²) in [5.41, 5.74) is -0.486. The van der Waals surface area contributed by atoms with Gasteiger partial charge in [0.05, 0.1) is 5.92 Å². The lowest BCUT2D eigenvalue weighted by atomic mass is 9.69. The van der Waals surface area contributed by atoms with E-state index in [1.54, 1.807) is 12.2 Å². The molecule has 1 unspecified atom stereocenters. The van der Waals surface area contributed by atoms with Crippen LogP contribution in [0.15, 0.2) is 35.8 Å². The zero-order chi connectivity index (χ0) is 21.8. The van der Waals surface area contributed by atoms with Crippen molar-refractivity contribution in [3.8, 4) is 0 Å². The summed E-state index contributed by atoms with van der Waals surface area (Å²) in [7, 11) is 0. The standard InChI is InChI=1S/C25H37F2IO2/c1-18-4-6-19(7-5-18)20-8-10-21(11-9-20)25(26,27)30-23-13-12-22(29)16-24(2,17-23)14-3-15-28/h12-13,16-21,29H,3-11,14-15H2,1-2H3. The number of halogens is 3. The predicted molar refractivity (Wildman–Crippen MR) is 127 cm³/mol. The van der Waals surface area contributed by atoms with Crippen LogP contribution < -0.4 is 0 Å². The van der Waals surface area contributed by atoms with Gasteiger partial charge in [0, 0.05) is 5.41 Å². The summed E-state index contributed by atoms with van der Waals surface area (Å²) < 4.78 is 36.4. The minimum Gasteiger partial charge on any atom is -0.508 e. The number of allylic oxidation sites excluding steroid dienone is 4. The van der Waals surface area contributed by atoms with Crippen molar-refractivity contribution in [3.63, 3.8) is 0 Å². The molecule has 0 aliphatic heterocycles. The van der Waals surface area contributed by atoms with E-state index in [2.05, 4.69) is 29.5 Å². The molecule has 0 radical (unpaired) electrons. The largest absolute Gasteiger partial charge is 0.508 e. The number of alkyl halides is 3. The topological polar surface area (TPSA) is 29.5 Å². The van der Waals surface area contributed by atoms with E-state index in [0.29, 0.717) is 18.8 Å². The summed E-state index contributed by atoms with van der Waals surface area (Å²) in [4.78, 5) is 0. The second-order valence-corrected chi connectivity index (χ2v) is 11.1. The number of rotatable bonds is 7. The Hall–Kier alpha value is -0.590. The van der Waals surface area contributed by atoms with Crippen LogP contribution in [0.5, 0.6) is 0 Å². The van der Waals surface area contributed by atoms with E-state index in [1.807, 2.05) is 6.92 Å². The van der Waals surface area contributed by atoms with Gasteiger partial charge < -0.3 is 9.84 Å². The second-order valence-electron chi connectivity index (χ2n) is 10.0. The lowest BCUT2D eigenvalue weighted by Gasteiger charge is -2.39. The zero-order valence-corrected chi connectivity index (χ0v) is 20.5. The lowest BCUT2D eigenvalue weighted by molar-refractivity contribution is -0.254. The van der Waals surface area contributed by atoms with Crippen molar-refractivity contribution in [1.82, 2.24) is 0 Å². The van der Waals surface area contributed by atoms with Crippen LogP contribution in [0.3, 0.4) is 0 Å². The van der Waals surface area contributed by atoms with Crippen molar-refractivity contribution in [2.45, 2.75) is 84.2 Å². The highest BCUT2D eigenvalue weighted by Crippen LogP contribution is 2.46. The highest BCUT2D eigenvalue weighted by molar-refractivity contribution is 14.1. The normalized spacial score (nSPS) is 35.4. The van der Waals surface area contributed by atoms with E-state index in [4.69, 9.17) is 4.74 Å². The van der Waals surface area contributed by atoms with Crippen molar-refractivity contribution < 1.29 is 18.6 Å². The van der Waals surface area contributed by atoms with Crippen LogP contribution in [0, 0.1) is 29.1 Å². The van der Waals surface area contributed by atoms with Crippen molar-refractivity contribution in [2.24, 2.45) is 29.1 Å². The highest BCUT2D eigenvalue weighted by Gasteiger charge is 2.45. The van der Waals surface area contributed by atoms with Gasteiger partial charge in [-0.1, -0.05) is 49.3 Å². The molecule has 3 aliphatic rings. The molecule has 0 saturated heterocycles. The van der Waals surface area contributed by atoms with E-state index in [9.17, 15) is 5.11 Å². The van der Waals surface area contributed by atoms with E-state index >= 15 is 8.78 Å². The van der Waals surface area contributed by atoms with Gasteiger partial charge in [0.25, 0.3) is 0 Å². The molecule has 2 saturated carbocycles. The fraction of sp³-hybridized carbons (Fsp3) is 0.760. The summed E-state index contributed by atoms with van der Waals surface area (Å²) >= 11 is 2.31. The summed E-state index contributed by atoms with van der Waals surface area (Å²) in [6.45, 7) is 4.28. The number of aliphatic hydroxyl groups excluding tert-OH is 1. The Kier molecular flexibility index (Phi) is 8.30. The number of hydrogen-bond acceptors (Lipinski definition) is 2. The average molecular weight is 534 g/mol. The van der Waals surface area contributed by atoms with Gasteiger partial charge in [-0.25, -0.2) is 0 Å². The SMILES string of the molecule is CC1CCC(C2CCC(C(F)(F)OC3=CC(C)(CCCI)C=C(O)C=C3)CC2)CC1. The van der Waals surface area contributed by atoms with Crippen LogP contribution in [0.4, 0.5) is 8.78 Å². The third-order valence-electron chi connectivity index (χ3n) is 7.45. The number of ether oxygens (including phenoxy) is 1. The summed E-state index contributed by atoms with van der Waals surface area (Å²) in [5.74, 6) is 1.71. The first-order valence-electron chi connectivity index (χ1n) is 11.7. The first-order valence-corrected chi connectivity index (χ1v) is 13.2. The van der Waals surface area contributed by atoms with Crippen molar-refractivity contribution in [2.75, 3.05) is 4.43 Å². The maximum absolute atomic E-state index is 15.1. The Balaban J connectivity index is 1.60. The monoisotopic (exact) mass is 534 g/mol. The van der Waals surface area contributed by atoms with E-state index < -0.39 is 17.4 Å². The Morgan fingerprint density at radius 2 is 1.63 bits per heavy atom. The van der Waals surface area contributed by atoms with Gasteiger partial charge in [0.15, 0.2) is 0 Å². The molecule has 3 rings (SSSR count). The first kappa shape index (κ1) is 24.1. The molecular formula is C25H37F2IO2. The van der Waals surface area contributed by atoms with Gasteiger partial charge in [0.2, 0.25) is 0 Å². The molecule has 0 bridgehead atoms. The van der Waals surface area contributed by atoms with Crippen LogP contribution in [-0.4, -0.2) is 15.6 Å². The van der Waals surface area contributed by atoms with Crippen LogP contribution in [0.1, 0.15) is 78.1 Å². The molecule has 0 amide bonds.